The summed E-state index contributed by atoms with van der Waals surface area (Å²) in [5.74, 6) is 0. The van der Waals surface area contributed by atoms with Gasteiger partial charge >= 0.3 is 0 Å². The van der Waals surface area contributed by atoms with E-state index in [9.17, 15) is 0 Å². The van der Waals surface area contributed by atoms with E-state index in [2.05, 4.69) is 18.5 Å². The first-order chi connectivity index (χ1) is 5.34. The van der Waals surface area contributed by atoms with Crippen molar-refractivity contribution in [2.45, 2.75) is 19.8 Å². The molecule has 2 heteroatoms. The molecule has 0 bridgehead atoms. The van der Waals surface area contributed by atoms with Crippen LogP contribution in [0.15, 0.2) is 31.0 Å². The summed E-state index contributed by atoms with van der Waals surface area (Å²) >= 11 is 0. The molecule has 1 aromatic rings. The Morgan fingerprint density at radius 2 is 2.25 bits per heavy atom. The van der Waals surface area contributed by atoms with Crippen LogP contribution in [0.4, 0.5) is 0 Å². The molecule has 12 heavy (non-hydrogen) atoms. The van der Waals surface area contributed by atoms with Gasteiger partial charge in [-0.05, 0) is 24.1 Å². The van der Waals surface area contributed by atoms with Crippen molar-refractivity contribution < 1.29 is 0 Å². The summed E-state index contributed by atoms with van der Waals surface area (Å²) in [5.41, 5.74) is 2.16. The summed E-state index contributed by atoms with van der Waals surface area (Å²) in [5, 5.41) is 0. The fraction of sp³-hybridized carbons (Fsp3) is 0.300. The number of halogens is 1. The van der Waals surface area contributed by atoms with Crippen molar-refractivity contribution in [1.82, 2.24) is 4.98 Å². The topological polar surface area (TPSA) is 12.9 Å². The molecule has 0 saturated heterocycles. The summed E-state index contributed by atoms with van der Waals surface area (Å²) < 4.78 is 0. The Bertz CT molecular complexity index is 231. The van der Waals surface area contributed by atoms with Crippen LogP contribution < -0.4 is 0 Å². The number of allylic oxidation sites excluding steroid dienone is 1. The number of pyridine rings is 1. The molecule has 0 aliphatic rings. The van der Waals surface area contributed by atoms with E-state index in [-0.39, 0.29) is 12.4 Å². The van der Waals surface area contributed by atoms with Crippen molar-refractivity contribution in [3.8, 4) is 0 Å². The lowest BCUT2D eigenvalue weighted by molar-refractivity contribution is 0.967. The zero-order chi connectivity index (χ0) is 8.10. The molecule has 0 saturated carbocycles. The molecule has 1 heterocycles. The Balaban J connectivity index is 0.00000121. The summed E-state index contributed by atoms with van der Waals surface area (Å²) in [6.45, 7) is 6.10. The molecule has 0 amide bonds. The van der Waals surface area contributed by atoms with Gasteiger partial charge in [0.2, 0.25) is 0 Å². The number of hydrogen-bond acceptors (Lipinski definition) is 1. The molecule has 0 unspecified atom stereocenters. The average Bonchev–Trinajstić information content (AvgIpc) is 2.07. The fourth-order valence-corrected chi connectivity index (χ4v) is 1.00. The van der Waals surface area contributed by atoms with Crippen LogP contribution in [0.3, 0.4) is 0 Å². The number of aromatic nitrogens is 1. The lowest BCUT2D eigenvalue weighted by Crippen LogP contribution is -1.85. The van der Waals surface area contributed by atoms with Crippen molar-refractivity contribution >= 4 is 18.0 Å². The molecule has 66 valence electrons. The van der Waals surface area contributed by atoms with Crippen LogP contribution in [0, 0.1) is 0 Å². The van der Waals surface area contributed by atoms with Crippen LogP contribution >= 0.6 is 12.4 Å². The van der Waals surface area contributed by atoms with Gasteiger partial charge in [-0.2, -0.15) is 0 Å². The number of hydrogen-bond donors (Lipinski definition) is 0. The van der Waals surface area contributed by atoms with Crippen molar-refractivity contribution in [2.24, 2.45) is 0 Å². The minimum absolute atomic E-state index is 0. The van der Waals surface area contributed by atoms with Gasteiger partial charge in [-0.3, -0.25) is 4.98 Å². The van der Waals surface area contributed by atoms with E-state index in [1.54, 1.807) is 6.20 Å². The number of nitrogens with zero attached hydrogens (tertiary/aromatic N) is 1. The van der Waals surface area contributed by atoms with Gasteiger partial charge in [0.05, 0.1) is 5.69 Å². The van der Waals surface area contributed by atoms with E-state index in [0.29, 0.717) is 0 Å². The molecular weight excluding hydrogens is 170 g/mol. The highest BCUT2D eigenvalue weighted by molar-refractivity contribution is 5.85. The zero-order valence-electron chi connectivity index (χ0n) is 7.29. The summed E-state index contributed by atoms with van der Waals surface area (Å²) in [7, 11) is 0. The van der Waals surface area contributed by atoms with Gasteiger partial charge in [0.25, 0.3) is 0 Å². The maximum atomic E-state index is 4.20. The molecule has 0 spiro atoms. The largest absolute Gasteiger partial charge is 0.257 e. The van der Waals surface area contributed by atoms with Crippen LogP contribution in [0.1, 0.15) is 25.5 Å². The highest BCUT2D eigenvalue weighted by Crippen LogP contribution is 2.13. The third kappa shape index (κ3) is 3.05. The first-order valence-corrected chi connectivity index (χ1v) is 3.93. The van der Waals surface area contributed by atoms with Gasteiger partial charge in [-0.25, -0.2) is 0 Å². The van der Waals surface area contributed by atoms with Gasteiger partial charge in [-0.1, -0.05) is 26.0 Å². The molecule has 1 rings (SSSR count). The van der Waals surface area contributed by atoms with Gasteiger partial charge < -0.3 is 0 Å². The van der Waals surface area contributed by atoms with Crippen LogP contribution in [0.25, 0.3) is 5.57 Å². The second kappa shape index (κ2) is 5.78. The van der Waals surface area contributed by atoms with E-state index in [4.69, 9.17) is 0 Å². The molecule has 0 radical (unpaired) electrons. The zero-order valence-corrected chi connectivity index (χ0v) is 8.10. The van der Waals surface area contributed by atoms with E-state index >= 15 is 0 Å². The molecule has 0 aliphatic heterocycles. The Hall–Kier alpha value is -0.820. The van der Waals surface area contributed by atoms with Crippen molar-refractivity contribution in [2.75, 3.05) is 0 Å². The normalized spacial score (nSPS) is 8.75. The third-order valence-electron chi connectivity index (χ3n) is 1.58. The smallest absolute Gasteiger partial charge is 0.0655 e. The lowest BCUT2D eigenvalue weighted by Gasteiger charge is -2.00. The fourth-order valence-electron chi connectivity index (χ4n) is 1.00. The first-order valence-electron chi connectivity index (χ1n) is 3.93. The molecule has 0 aromatic carbocycles. The average molecular weight is 184 g/mol. The van der Waals surface area contributed by atoms with Crippen molar-refractivity contribution in [3.05, 3.63) is 36.7 Å². The van der Waals surface area contributed by atoms with Crippen LogP contribution in [-0.4, -0.2) is 4.98 Å². The SMILES string of the molecule is C=C(CCC)c1ccccn1.Cl. The van der Waals surface area contributed by atoms with Crippen LogP contribution in [-0.2, 0) is 0 Å². The minimum atomic E-state index is 0. The Morgan fingerprint density at radius 3 is 2.75 bits per heavy atom. The highest BCUT2D eigenvalue weighted by Gasteiger charge is 1.95. The number of rotatable bonds is 3. The van der Waals surface area contributed by atoms with Crippen LogP contribution in [0.5, 0.6) is 0 Å². The maximum Gasteiger partial charge on any atom is 0.0655 e. The van der Waals surface area contributed by atoms with E-state index in [0.717, 1.165) is 24.1 Å². The summed E-state index contributed by atoms with van der Waals surface area (Å²) in [4.78, 5) is 4.20. The van der Waals surface area contributed by atoms with E-state index < -0.39 is 0 Å². The monoisotopic (exact) mass is 183 g/mol. The molecule has 0 fully saturated rings. The first kappa shape index (κ1) is 11.2. The highest BCUT2D eigenvalue weighted by atomic mass is 35.5. The predicted molar refractivity (Wildman–Crippen MR) is 55.4 cm³/mol. The molecule has 1 nitrogen and oxygen atoms in total. The summed E-state index contributed by atoms with van der Waals surface area (Å²) in [6, 6.07) is 5.91. The standard InChI is InChI=1S/C10H13N.ClH/c1-3-6-9(2)10-7-4-5-8-11-10;/h4-5,7-8H,2-3,6H2,1H3;1H. The maximum absolute atomic E-state index is 4.20. The van der Waals surface area contributed by atoms with E-state index in [1.807, 2.05) is 18.2 Å². The summed E-state index contributed by atoms with van der Waals surface area (Å²) in [6.07, 6.45) is 3.97. The molecule has 1 aromatic heterocycles. The second-order valence-electron chi connectivity index (χ2n) is 2.57. The Labute approximate surface area is 79.9 Å². The Morgan fingerprint density at radius 1 is 1.50 bits per heavy atom. The minimum Gasteiger partial charge on any atom is -0.257 e. The quantitative estimate of drug-likeness (QED) is 0.701. The van der Waals surface area contributed by atoms with Crippen molar-refractivity contribution in [1.29, 1.82) is 0 Å². The van der Waals surface area contributed by atoms with Gasteiger partial charge in [0, 0.05) is 6.20 Å². The molecule has 0 atom stereocenters. The third-order valence-corrected chi connectivity index (χ3v) is 1.58. The van der Waals surface area contributed by atoms with Crippen molar-refractivity contribution in [3.63, 3.8) is 0 Å². The van der Waals surface area contributed by atoms with E-state index in [1.165, 1.54) is 0 Å². The van der Waals surface area contributed by atoms with Gasteiger partial charge in [-0.15, -0.1) is 12.4 Å². The van der Waals surface area contributed by atoms with Crippen LogP contribution in [0.2, 0.25) is 0 Å². The Kier molecular flexibility index (Phi) is 5.39. The lowest BCUT2D eigenvalue weighted by atomic mass is 10.1. The molecule has 0 N–H and O–H groups in total. The predicted octanol–water partition coefficient (Wildman–Crippen LogP) is 3.32. The van der Waals surface area contributed by atoms with Gasteiger partial charge in [0.15, 0.2) is 0 Å². The van der Waals surface area contributed by atoms with Gasteiger partial charge in [0.1, 0.15) is 0 Å². The molecule has 0 aliphatic carbocycles. The molecular formula is C10H14ClN. The second-order valence-corrected chi connectivity index (χ2v) is 2.57.